The van der Waals surface area contributed by atoms with E-state index in [0.29, 0.717) is 11.8 Å². The summed E-state index contributed by atoms with van der Waals surface area (Å²) < 4.78 is 6.08. The molecule has 1 aromatic rings. The largest absolute Gasteiger partial charge is 0.508 e. The highest BCUT2D eigenvalue weighted by molar-refractivity contribution is 5.87. The average molecular weight is 369 g/mol. The molecule has 0 saturated heterocycles. The molecule has 1 aromatic carbocycles. The quantitative estimate of drug-likeness (QED) is 0.418. The Morgan fingerprint density at radius 2 is 2.00 bits per heavy atom. The highest BCUT2D eigenvalue weighted by atomic mass is 16.5. The van der Waals surface area contributed by atoms with Crippen molar-refractivity contribution in [3.8, 4) is 5.75 Å². The summed E-state index contributed by atoms with van der Waals surface area (Å²) in [5, 5.41) is 9.37. The lowest BCUT2D eigenvalue weighted by Crippen LogP contribution is -2.50. The topological polar surface area (TPSA) is 46.5 Å². The van der Waals surface area contributed by atoms with E-state index < -0.39 is 0 Å². The van der Waals surface area contributed by atoms with Gasteiger partial charge in [-0.25, -0.2) is 4.79 Å². The van der Waals surface area contributed by atoms with E-state index in [0.717, 1.165) is 18.4 Å². The van der Waals surface area contributed by atoms with Crippen molar-refractivity contribution < 1.29 is 14.6 Å². The number of benzene rings is 1. The summed E-state index contributed by atoms with van der Waals surface area (Å²) in [6.45, 7) is 11.2. The highest BCUT2D eigenvalue weighted by Crippen LogP contribution is 2.55. The first-order valence-corrected chi connectivity index (χ1v) is 10.2. The first-order chi connectivity index (χ1) is 12.8. The third-order valence-corrected chi connectivity index (χ3v) is 6.65. The molecule has 2 aliphatic carbocycles. The molecular formula is C24H32O3. The number of esters is 1. The Labute approximate surface area is 163 Å². The lowest BCUT2D eigenvalue weighted by atomic mass is 9.54. The van der Waals surface area contributed by atoms with Crippen LogP contribution in [0, 0.1) is 23.2 Å². The molecule has 2 fully saturated rings. The van der Waals surface area contributed by atoms with Gasteiger partial charge in [-0.05, 0) is 73.1 Å². The summed E-state index contributed by atoms with van der Waals surface area (Å²) >= 11 is 0. The zero-order valence-electron chi connectivity index (χ0n) is 16.8. The first-order valence-electron chi connectivity index (χ1n) is 10.2. The molecule has 2 saturated carbocycles. The smallest absolute Gasteiger partial charge is 0.331 e. The molecule has 1 N–H and O–H groups in total. The number of rotatable bonds is 4. The van der Waals surface area contributed by atoms with E-state index in [4.69, 9.17) is 4.74 Å². The lowest BCUT2D eigenvalue weighted by molar-refractivity contribution is -0.159. The van der Waals surface area contributed by atoms with E-state index in [2.05, 4.69) is 27.4 Å². The third kappa shape index (κ3) is 4.28. The van der Waals surface area contributed by atoms with Crippen molar-refractivity contribution in [1.29, 1.82) is 0 Å². The van der Waals surface area contributed by atoms with E-state index in [1.54, 1.807) is 30.3 Å². The zero-order valence-corrected chi connectivity index (χ0v) is 16.8. The Morgan fingerprint density at radius 3 is 2.67 bits per heavy atom. The van der Waals surface area contributed by atoms with E-state index in [-0.39, 0.29) is 29.2 Å². The molecule has 0 bridgehead atoms. The summed E-state index contributed by atoms with van der Waals surface area (Å²) in [5.74, 6) is 1.04. The van der Waals surface area contributed by atoms with Crippen LogP contribution in [0.2, 0.25) is 0 Å². The second kappa shape index (κ2) is 7.92. The van der Waals surface area contributed by atoms with Gasteiger partial charge in [0, 0.05) is 12.0 Å². The minimum absolute atomic E-state index is 0.0893. The molecule has 2 aliphatic rings. The van der Waals surface area contributed by atoms with E-state index in [9.17, 15) is 9.90 Å². The number of ether oxygens (including phenoxy) is 1. The van der Waals surface area contributed by atoms with Crippen LogP contribution in [0.25, 0.3) is 6.08 Å². The predicted molar refractivity (Wildman–Crippen MR) is 109 cm³/mol. The van der Waals surface area contributed by atoms with Gasteiger partial charge in [-0.15, -0.1) is 0 Å². The maximum absolute atomic E-state index is 12.6. The number of aromatic hydroxyl groups is 1. The second-order valence-electron chi connectivity index (χ2n) is 8.92. The number of carbonyl (C=O) groups is 1. The van der Waals surface area contributed by atoms with Gasteiger partial charge in [-0.1, -0.05) is 45.1 Å². The Morgan fingerprint density at radius 1 is 1.30 bits per heavy atom. The van der Waals surface area contributed by atoms with Crippen LogP contribution in [0.3, 0.4) is 0 Å². The van der Waals surface area contributed by atoms with Crippen LogP contribution in [-0.2, 0) is 9.53 Å². The molecule has 0 amide bonds. The van der Waals surface area contributed by atoms with Crippen molar-refractivity contribution >= 4 is 12.0 Å². The molecule has 0 heterocycles. The molecule has 0 spiro atoms. The highest BCUT2D eigenvalue weighted by Gasteiger charge is 2.51. The summed E-state index contributed by atoms with van der Waals surface area (Å²) in [7, 11) is 0. The molecule has 146 valence electrons. The zero-order chi connectivity index (χ0) is 19.6. The molecule has 27 heavy (non-hydrogen) atoms. The Bertz CT molecular complexity index is 716. The summed E-state index contributed by atoms with van der Waals surface area (Å²) in [4.78, 5) is 12.6. The van der Waals surface area contributed by atoms with Crippen molar-refractivity contribution in [3.05, 3.63) is 48.1 Å². The van der Waals surface area contributed by atoms with Crippen LogP contribution >= 0.6 is 0 Å². The number of hydrogen-bond acceptors (Lipinski definition) is 3. The van der Waals surface area contributed by atoms with Gasteiger partial charge in [0.15, 0.2) is 0 Å². The fraction of sp³-hybridized carbons (Fsp3) is 0.542. The fourth-order valence-electron chi connectivity index (χ4n) is 5.13. The van der Waals surface area contributed by atoms with Crippen molar-refractivity contribution in [2.24, 2.45) is 23.2 Å². The number of carbonyl (C=O) groups excluding carboxylic acids is 1. The molecule has 0 radical (unpaired) electrons. The standard InChI is InChI=1S/C24H32O3/c1-16(2)20-13-15-24(4)14-5-6-17(3)22(24)23(20)27-21(26)12-9-18-7-10-19(25)11-8-18/h7-12,16,20,22-23,25H,3,5-6,13-15H2,1-2,4H3/b12-9-/t20-,22+,23-,24+/m0/s1. The van der Waals surface area contributed by atoms with Crippen molar-refractivity contribution in [3.63, 3.8) is 0 Å². The molecule has 0 unspecified atom stereocenters. The van der Waals surface area contributed by atoms with Crippen LogP contribution in [-0.4, -0.2) is 17.2 Å². The Balaban J connectivity index is 1.78. The van der Waals surface area contributed by atoms with Gasteiger partial charge in [-0.2, -0.15) is 0 Å². The molecule has 3 rings (SSSR count). The number of phenolic OH excluding ortho intramolecular Hbond substituents is 1. The van der Waals surface area contributed by atoms with E-state index in [1.807, 2.05) is 0 Å². The van der Waals surface area contributed by atoms with E-state index >= 15 is 0 Å². The third-order valence-electron chi connectivity index (χ3n) is 6.65. The van der Waals surface area contributed by atoms with Crippen LogP contribution in [0.15, 0.2) is 42.5 Å². The molecular weight excluding hydrogens is 336 g/mol. The van der Waals surface area contributed by atoms with Gasteiger partial charge in [0.25, 0.3) is 0 Å². The van der Waals surface area contributed by atoms with Crippen molar-refractivity contribution in [1.82, 2.24) is 0 Å². The minimum Gasteiger partial charge on any atom is -0.508 e. The van der Waals surface area contributed by atoms with Gasteiger partial charge < -0.3 is 9.84 Å². The predicted octanol–water partition coefficient (Wildman–Crippen LogP) is 5.75. The molecule has 0 aromatic heterocycles. The maximum atomic E-state index is 12.6. The number of phenols is 1. The van der Waals surface area contributed by atoms with Crippen molar-refractivity contribution in [2.75, 3.05) is 0 Å². The van der Waals surface area contributed by atoms with Gasteiger partial charge in [0.2, 0.25) is 0 Å². The monoisotopic (exact) mass is 368 g/mol. The Kier molecular flexibility index (Phi) is 5.78. The first kappa shape index (κ1) is 19.7. The number of hydrogen-bond donors (Lipinski definition) is 1. The van der Waals surface area contributed by atoms with Gasteiger partial charge >= 0.3 is 5.97 Å². The van der Waals surface area contributed by atoms with Crippen molar-refractivity contribution in [2.45, 2.75) is 59.0 Å². The van der Waals surface area contributed by atoms with Crippen LogP contribution < -0.4 is 0 Å². The minimum atomic E-state index is -0.290. The molecule has 4 atom stereocenters. The lowest BCUT2D eigenvalue weighted by Gasteiger charge is -2.53. The Hall–Kier alpha value is -2.03. The second-order valence-corrected chi connectivity index (χ2v) is 8.92. The van der Waals surface area contributed by atoms with Crippen LogP contribution in [0.1, 0.15) is 58.4 Å². The fourth-order valence-corrected chi connectivity index (χ4v) is 5.13. The molecule has 0 aliphatic heterocycles. The van der Waals surface area contributed by atoms with Crippen LogP contribution in [0.4, 0.5) is 0 Å². The maximum Gasteiger partial charge on any atom is 0.331 e. The normalized spacial score (nSPS) is 31.1. The molecule has 3 nitrogen and oxygen atoms in total. The van der Waals surface area contributed by atoms with Gasteiger partial charge in [0.1, 0.15) is 11.9 Å². The molecule has 3 heteroatoms. The van der Waals surface area contributed by atoms with Gasteiger partial charge in [-0.3, -0.25) is 0 Å². The van der Waals surface area contributed by atoms with Gasteiger partial charge in [0.05, 0.1) is 0 Å². The number of fused-ring (bicyclic) bond motifs is 1. The SMILES string of the molecule is C=C1CCC[C@]2(C)CC[C@@H](C(C)C)[C@H](OC(=O)/C=C\c3ccc(O)cc3)[C@@H]12. The summed E-state index contributed by atoms with van der Waals surface area (Å²) in [6.07, 6.45) is 8.88. The average Bonchev–Trinajstić information content (AvgIpc) is 2.60. The summed E-state index contributed by atoms with van der Waals surface area (Å²) in [6, 6.07) is 6.77. The van der Waals surface area contributed by atoms with Crippen LogP contribution in [0.5, 0.6) is 5.75 Å². The summed E-state index contributed by atoms with van der Waals surface area (Å²) in [5.41, 5.74) is 2.32. The van der Waals surface area contributed by atoms with E-state index in [1.165, 1.54) is 30.9 Å².